The Morgan fingerprint density at radius 1 is 0.216 bits per heavy atom. The Kier molecular flexibility index (Phi) is 9.55. The largest absolute Gasteiger partial charge is 0.309 e. The van der Waals surface area contributed by atoms with E-state index < -0.39 is 5.41 Å². The summed E-state index contributed by atoms with van der Waals surface area (Å²) < 4.78 is 0. The molecule has 0 heterocycles. The number of fused-ring (bicyclic) bond motifs is 11. The Labute approximate surface area is 430 Å². The molecule has 1 aliphatic carbocycles. The van der Waals surface area contributed by atoms with E-state index in [4.69, 9.17) is 0 Å². The van der Waals surface area contributed by atoms with E-state index in [0.717, 1.165) is 17.1 Å². The fraction of sp³-hybridized carbons (Fsp3) is 0.0137. The lowest BCUT2D eigenvalue weighted by Gasteiger charge is -2.33. The van der Waals surface area contributed by atoms with Gasteiger partial charge in [-0.25, -0.2) is 0 Å². The molecule has 1 heteroatoms. The third kappa shape index (κ3) is 6.23. The molecule has 0 saturated carbocycles. The maximum absolute atomic E-state index is 2.49. The van der Waals surface area contributed by atoms with E-state index in [1.807, 2.05) is 0 Å². The van der Waals surface area contributed by atoms with Crippen LogP contribution in [-0.4, -0.2) is 0 Å². The van der Waals surface area contributed by atoms with Crippen molar-refractivity contribution in [1.29, 1.82) is 0 Å². The van der Waals surface area contributed by atoms with Crippen LogP contribution >= 0.6 is 0 Å². The van der Waals surface area contributed by atoms with Crippen LogP contribution in [0.15, 0.2) is 285 Å². The molecule has 15 rings (SSSR count). The molecule has 0 aromatic heterocycles. The third-order valence-corrected chi connectivity index (χ3v) is 16.1. The summed E-state index contributed by atoms with van der Waals surface area (Å²) in [6.45, 7) is 0. The minimum absolute atomic E-state index is 0.447. The summed E-state index contributed by atoms with van der Waals surface area (Å²) in [6, 6.07) is 106. The van der Waals surface area contributed by atoms with Gasteiger partial charge in [0.2, 0.25) is 0 Å². The normalized spacial score (nSPS) is 12.7. The smallest absolute Gasteiger partial charge is 0.0713 e. The van der Waals surface area contributed by atoms with Gasteiger partial charge in [0.15, 0.2) is 0 Å². The van der Waals surface area contributed by atoms with Crippen molar-refractivity contribution in [1.82, 2.24) is 0 Å². The molecule has 0 bridgehead atoms. The molecule has 0 radical (unpaired) electrons. The van der Waals surface area contributed by atoms with Crippen LogP contribution < -0.4 is 4.90 Å². The molecule has 0 N–H and O–H groups in total. The first kappa shape index (κ1) is 42.2. The fourth-order valence-electron chi connectivity index (χ4n) is 12.9. The molecule has 74 heavy (non-hydrogen) atoms. The molecule has 0 unspecified atom stereocenters. The van der Waals surface area contributed by atoms with Crippen LogP contribution in [0.2, 0.25) is 0 Å². The SMILES string of the molecule is c1ccc(C2(c3ccccc3)c3ccccc3-c3cc(-c4cc5c6ccccc6c(-c6ccc(N(c7cccc8ccccc78)c7cccc8ccccc78)c7ccccc67)cc5c5ccccc45)ccc32)cc1. The van der Waals surface area contributed by atoms with Gasteiger partial charge in [-0.3, -0.25) is 0 Å². The summed E-state index contributed by atoms with van der Waals surface area (Å²) in [5.74, 6) is 0. The van der Waals surface area contributed by atoms with Crippen molar-refractivity contribution >= 4 is 81.7 Å². The maximum Gasteiger partial charge on any atom is 0.0713 e. The first-order chi connectivity index (χ1) is 36.7. The van der Waals surface area contributed by atoms with Gasteiger partial charge in [0.05, 0.1) is 22.5 Å². The third-order valence-electron chi connectivity index (χ3n) is 16.1. The Morgan fingerprint density at radius 2 is 0.649 bits per heavy atom. The lowest BCUT2D eigenvalue weighted by atomic mass is 9.67. The predicted molar refractivity (Wildman–Crippen MR) is 314 cm³/mol. The van der Waals surface area contributed by atoms with Crippen LogP contribution in [0.3, 0.4) is 0 Å². The van der Waals surface area contributed by atoms with Gasteiger partial charge in [0, 0.05) is 16.2 Å². The Morgan fingerprint density at radius 3 is 1.26 bits per heavy atom. The number of hydrogen-bond acceptors (Lipinski definition) is 1. The second-order valence-electron chi connectivity index (χ2n) is 19.8. The van der Waals surface area contributed by atoms with Gasteiger partial charge in [-0.05, 0) is 141 Å². The number of anilines is 3. The van der Waals surface area contributed by atoms with Crippen molar-refractivity contribution in [2.24, 2.45) is 0 Å². The quantitative estimate of drug-likeness (QED) is 0.144. The topological polar surface area (TPSA) is 3.24 Å². The molecule has 0 saturated heterocycles. The molecular formula is C73H47N. The summed E-state index contributed by atoms with van der Waals surface area (Å²) in [6.07, 6.45) is 0. The monoisotopic (exact) mass is 937 g/mol. The van der Waals surface area contributed by atoms with Crippen LogP contribution in [-0.2, 0) is 5.41 Å². The van der Waals surface area contributed by atoms with Crippen LogP contribution in [0.1, 0.15) is 22.3 Å². The van der Waals surface area contributed by atoms with Crippen LogP contribution in [0.25, 0.3) is 98.0 Å². The highest BCUT2D eigenvalue weighted by Crippen LogP contribution is 2.57. The molecule has 0 spiro atoms. The molecule has 0 fully saturated rings. The Bertz CT molecular complexity index is 4420. The van der Waals surface area contributed by atoms with Crippen molar-refractivity contribution in [3.8, 4) is 33.4 Å². The first-order valence-electron chi connectivity index (χ1n) is 25.7. The highest BCUT2D eigenvalue weighted by atomic mass is 15.1. The summed E-state index contributed by atoms with van der Waals surface area (Å²) in [5.41, 5.74) is 15.6. The van der Waals surface area contributed by atoms with Crippen molar-refractivity contribution in [3.63, 3.8) is 0 Å². The molecule has 1 aliphatic rings. The molecule has 1 nitrogen and oxygen atoms in total. The molecule has 14 aromatic carbocycles. The fourth-order valence-corrected chi connectivity index (χ4v) is 12.9. The van der Waals surface area contributed by atoms with Gasteiger partial charge in [0.1, 0.15) is 0 Å². The van der Waals surface area contributed by atoms with Crippen molar-refractivity contribution in [3.05, 3.63) is 307 Å². The van der Waals surface area contributed by atoms with Gasteiger partial charge in [-0.15, -0.1) is 0 Å². The minimum atomic E-state index is -0.447. The Hall–Kier alpha value is -9.56. The zero-order chi connectivity index (χ0) is 48.7. The second-order valence-corrected chi connectivity index (χ2v) is 19.8. The van der Waals surface area contributed by atoms with E-state index in [-0.39, 0.29) is 0 Å². The first-order valence-corrected chi connectivity index (χ1v) is 25.7. The van der Waals surface area contributed by atoms with E-state index in [2.05, 4.69) is 290 Å². The van der Waals surface area contributed by atoms with E-state index in [0.29, 0.717) is 0 Å². The molecule has 0 atom stereocenters. The molecule has 344 valence electrons. The van der Waals surface area contributed by atoms with Crippen molar-refractivity contribution in [2.75, 3.05) is 4.90 Å². The molecule has 0 amide bonds. The van der Waals surface area contributed by atoms with Gasteiger partial charge < -0.3 is 4.90 Å². The zero-order valence-electron chi connectivity index (χ0n) is 40.6. The van der Waals surface area contributed by atoms with E-state index in [1.54, 1.807) is 0 Å². The van der Waals surface area contributed by atoms with Crippen LogP contribution in [0, 0.1) is 0 Å². The van der Waals surface area contributed by atoms with E-state index in [9.17, 15) is 0 Å². The minimum Gasteiger partial charge on any atom is -0.309 e. The van der Waals surface area contributed by atoms with Crippen molar-refractivity contribution in [2.45, 2.75) is 5.41 Å². The molecule has 0 aliphatic heterocycles. The highest BCUT2D eigenvalue weighted by molar-refractivity contribution is 6.25. The van der Waals surface area contributed by atoms with Crippen molar-refractivity contribution < 1.29 is 0 Å². The predicted octanol–water partition coefficient (Wildman–Crippen LogP) is 19.8. The maximum atomic E-state index is 2.49. The second kappa shape index (κ2) is 16.8. The number of hydrogen-bond donors (Lipinski definition) is 0. The average Bonchev–Trinajstić information content (AvgIpc) is 3.78. The molecule has 14 aromatic rings. The average molecular weight is 938 g/mol. The van der Waals surface area contributed by atoms with Gasteiger partial charge in [-0.2, -0.15) is 0 Å². The van der Waals surface area contributed by atoms with Gasteiger partial charge in [0.25, 0.3) is 0 Å². The zero-order valence-corrected chi connectivity index (χ0v) is 40.6. The van der Waals surface area contributed by atoms with Gasteiger partial charge in [-0.1, -0.05) is 249 Å². The molecular weight excluding hydrogens is 891 g/mol. The Balaban J connectivity index is 0.943. The standard InChI is InChI=1S/C73H47N/c1-3-25-51(26-4-1)73(52-27-5-2-6-28-52)68-38-18-17-36-61(68)67-45-50(41-43-69(67)73)63-46-65-59-35-14-13-34-58(59)64(47-66(65)57-33-12-11-32-56(57)63)60-42-44-72(62-37-16-15-31-55(60)62)74(70-39-19-23-48-21-7-9-29-53(48)70)71-40-20-24-49-22-8-10-30-54(49)71/h1-47H. The van der Waals surface area contributed by atoms with E-state index >= 15 is 0 Å². The van der Waals surface area contributed by atoms with E-state index in [1.165, 1.54) is 120 Å². The lowest BCUT2D eigenvalue weighted by molar-refractivity contribution is 0.768. The van der Waals surface area contributed by atoms with Crippen LogP contribution in [0.4, 0.5) is 17.1 Å². The number of nitrogens with zero attached hydrogens (tertiary/aromatic N) is 1. The highest BCUT2D eigenvalue weighted by Gasteiger charge is 2.46. The summed E-state index contributed by atoms with van der Waals surface area (Å²) >= 11 is 0. The summed E-state index contributed by atoms with van der Waals surface area (Å²) in [5, 5.41) is 14.7. The number of rotatable bonds is 7. The summed E-state index contributed by atoms with van der Waals surface area (Å²) in [4.78, 5) is 2.49. The number of benzene rings is 14. The lowest BCUT2D eigenvalue weighted by Crippen LogP contribution is -2.28. The summed E-state index contributed by atoms with van der Waals surface area (Å²) in [7, 11) is 0. The van der Waals surface area contributed by atoms with Crippen LogP contribution in [0.5, 0.6) is 0 Å². The van der Waals surface area contributed by atoms with Gasteiger partial charge >= 0.3 is 0 Å².